The number of aromatic nitrogens is 1. The van der Waals surface area contributed by atoms with Crippen molar-refractivity contribution in [3.8, 4) is 0 Å². The lowest BCUT2D eigenvalue weighted by molar-refractivity contribution is -0.669. The molecular weight excluding hydrogens is 246 g/mol. The minimum Gasteiger partial charge on any atom is -0.744 e. The molecule has 0 amide bonds. The van der Waals surface area contributed by atoms with E-state index in [2.05, 4.69) is 4.57 Å². The van der Waals surface area contributed by atoms with E-state index in [0.29, 0.717) is 0 Å². The maximum Gasteiger partial charge on any atom is 0.235 e. The van der Waals surface area contributed by atoms with Gasteiger partial charge in [-0.15, -0.1) is 0 Å². The summed E-state index contributed by atoms with van der Waals surface area (Å²) in [7, 11) is -4.36. The van der Waals surface area contributed by atoms with Crippen LogP contribution in [-0.4, -0.2) is 13.0 Å². The number of nitrogens with zero attached hydrogens (tertiary/aromatic N) is 1. The third-order valence-corrected chi connectivity index (χ3v) is 4.36. The molecule has 4 nitrogen and oxygen atoms in total. The zero-order valence-corrected chi connectivity index (χ0v) is 10.6. The summed E-state index contributed by atoms with van der Waals surface area (Å²) >= 11 is 1.49. The molecule has 86 valence electrons. The van der Waals surface area contributed by atoms with Crippen LogP contribution in [-0.2, 0) is 16.7 Å². The van der Waals surface area contributed by atoms with Crippen LogP contribution in [0.5, 0.6) is 0 Å². The van der Waals surface area contributed by atoms with Gasteiger partial charge >= 0.3 is 0 Å². The van der Waals surface area contributed by atoms with Crippen molar-refractivity contribution in [2.75, 3.05) is 0 Å². The van der Waals surface area contributed by atoms with Gasteiger partial charge in [0.25, 0.3) is 0 Å². The highest BCUT2D eigenvalue weighted by molar-refractivity contribution is 7.85. The SMILES string of the molecule is CC[n+]1c(C)sc2cc(S(=O)(=O)[O-])ccc21. The molecule has 0 saturated heterocycles. The van der Waals surface area contributed by atoms with Crippen molar-refractivity contribution in [2.24, 2.45) is 0 Å². The molecule has 0 fully saturated rings. The van der Waals surface area contributed by atoms with Gasteiger partial charge in [0.05, 0.1) is 4.90 Å². The molecule has 16 heavy (non-hydrogen) atoms. The Bertz CT molecular complexity index is 643. The molecule has 0 unspecified atom stereocenters. The normalized spacial score (nSPS) is 12.2. The fourth-order valence-corrected chi connectivity index (χ4v) is 3.43. The van der Waals surface area contributed by atoms with Crippen molar-refractivity contribution in [2.45, 2.75) is 25.3 Å². The van der Waals surface area contributed by atoms with Gasteiger partial charge in [-0.05, 0) is 19.1 Å². The van der Waals surface area contributed by atoms with Gasteiger partial charge in [0.15, 0.2) is 0 Å². The average Bonchev–Trinajstić information content (AvgIpc) is 2.50. The van der Waals surface area contributed by atoms with Crippen molar-refractivity contribution in [3.05, 3.63) is 23.2 Å². The Morgan fingerprint density at radius 3 is 2.69 bits per heavy atom. The number of benzene rings is 1. The zero-order valence-electron chi connectivity index (χ0n) is 8.93. The Morgan fingerprint density at radius 2 is 2.12 bits per heavy atom. The minimum absolute atomic E-state index is 0.162. The monoisotopic (exact) mass is 257 g/mol. The van der Waals surface area contributed by atoms with Crippen molar-refractivity contribution in [1.82, 2.24) is 0 Å². The van der Waals surface area contributed by atoms with Gasteiger partial charge in [-0.2, -0.15) is 4.57 Å². The largest absolute Gasteiger partial charge is 0.744 e. The lowest BCUT2D eigenvalue weighted by Crippen LogP contribution is -2.33. The van der Waals surface area contributed by atoms with Gasteiger partial charge < -0.3 is 4.55 Å². The zero-order chi connectivity index (χ0) is 11.9. The molecule has 2 aromatic rings. The van der Waals surface area contributed by atoms with Crippen LogP contribution in [0.3, 0.4) is 0 Å². The van der Waals surface area contributed by atoms with E-state index in [9.17, 15) is 13.0 Å². The molecule has 0 bridgehead atoms. The summed E-state index contributed by atoms with van der Waals surface area (Å²) in [6, 6.07) is 4.50. The van der Waals surface area contributed by atoms with E-state index in [1.807, 2.05) is 13.8 Å². The molecule has 1 aromatic heterocycles. The highest BCUT2D eigenvalue weighted by Gasteiger charge is 2.16. The number of rotatable bonds is 2. The molecule has 0 aliphatic rings. The molecule has 1 heterocycles. The summed E-state index contributed by atoms with van der Waals surface area (Å²) in [4.78, 5) is -0.162. The van der Waals surface area contributed by atoms with Gasteiger partial charge in [0.2, 0.25) is 10.5 Å². The summed E-state index contributed by atoms with van der Waals surface area (Å²) in [6.07, 6.45) is 0. The second-order valence-electron chi connectivity index (χ2n) is 3.45. The van der Waals surface area contributed by atoms with Crippen LogP contribution >= 0.6 is 11.3 Å². The molecule has 6 heteroatoms. The first-order valence-electron chi connectivity index (χ1n) is 4.82. The number of thiazole rings is 1. The van der Waals surface area contributed by atoms with Gasteiger partial charge in [-0.25, -0.2) is 8.42 Å². The van der Waals surface area contributed by atoms with Crippen molar-refractivity contribution < 1.29 is 17.5 Å². The number of aryl methyl sites for hydroxylation is 2. The topological polar surface area (TPSA) is 61.1 Å². The molecular formula is C10H11NO3S2. The summed E-state index contributed by atoms with van der Waals surface area (Å²) in [5, 5.41) is 1.10. The van der Waals surface area contributed by atoms with E-state index >= 15 is 0 Å². The quantitative estimate of drug-likeness (QED) is 0.604. The standard InChI is InChI=1S/C10H11NO3S2/c1-3-11-7(2)15-10-6-8(16(12,13)14)4-5-9(10)11/h4-6H,3H2,1-2H3. The third kappa shape index (κ3) is 1.83. The third-order valence-electron chi connectivity index (χ3n) is 2.46. The lowest BCUT2D eigenvalue weighted by Gasteiger charge is -2.05. The first-order chi connectivity index (χ1) is 7.43. The number of hydrogen-bond acceptors (Lipinski definition) is 4. The molecule has 0 aliphatic carbocycles. The Kier molecular flexibility index (Phi) is 2.73. The molecule has 0 spiro atoms. The predicted molar refractivity (Wildman–Crippen MR) is 60.4 cm³/mol. The van der Waals surface area contributed by atoms with E-state index in [0.717, 1.165) is 21.8 Å². The molecule has 1 aromatic carbocycles. The first-order valence-corrected chi connectivity index (χ1v) is 7.05. The van der Waals surface area contributed by atoms with Crippen LogP contribution in [0.1, 0.15) is 11.9 Å². The van der Waals surface area contributed by atoms with Gasteiger partial charge in [-0.1, -0.05) is 11.3 Å². The average molecular weight is 257 g/mol. The van der Waals surface area contributed by atoms with Crippen LogP contribution < -0.4 is 4.57 Å². The molecule has 0 saturated carbocycles. The molecule has 0 N–H and O–H groups in total. The van der Waals surface area contributed by atoms with Crippen LogP contribution in [0, 0.1) is 6.92 Å². The van der Waals surface area contributed by atoms with E-state index in [1.54, 1.807) is 6.07 Å². The Morgan fingerprint density at radius 1 is 1.44 bits per heavy atom. The van der Waals surface area contributed by atoms with Crippen molar-refractivity contribution >= 4 is 31.7 Å². The smallest absolute Gasteiger partial charge is 0.235 e. The Labute approximate surface area is 97.9 Å². The predicted octanol–water partition coefficient (Wildman–Crippen LogP) is 1.42. The van der Waals surface area contributed by atoms with Crippen LogP contribution in [0.2, 0.25) is 0 Å². The number of fused-ring (bicyclic) bond motifs is 1. The van der Waals surface area contributed by atoms with Gasteiger partial charge in [-0.3, -0.25) is 0 Å². The molecule has 2 rings (SSSR count). The van der Waals surface area contributed by atoms with Crippen molar-refractivity contribution in [1.29, 1.82) is 0 Å². The molecule has 0 aliphatic heterocycles. The van der Waals surface area contributed by atoms with E-state index in [-0.39, 0.29) is 4.90 Å². The molecule has 0 radical (unpaired) electrons. The summed E-state index contributed by atoms with van der Waals surface area (Å²) in [5.41, 5.74) is 0.970. The van der Waals surface area contributed by atoms with Gasteiger partial charge in [0, 0.05) is 13.0 Å². The second-order valence-corrected chi connectivity index (χ2v) is 6.06. The fraction of sp³-hybridized carbons (Fsp3) is 0.300. The first kappa shape index (κ1) is 11.5. The summed E-state index contributed by atoms with van der Waals surface area (Å²) in [6.45, 7) is 4.83. The lowest BCUT2D eigenvalue weighted by atomic mass is 10.3. The van der Waals surface area contributed by atoms with E-state index in [4.69, 9.17) is 0 Å². The summed E-state index contributed by atoms with van der Waals surface area (Å²) < 4.78 is 35.6. The van der Waals surface area contributed by atoms with Gasteiger partial charge in [0.1, 0.15) is 21.4 Å². The maximum atomic E-state index is 10.9. The van der Waals surface area contributed by atoms with Crippen molar-refractivity contribution in [3.63, 3.8) is 0 Å². The Hall–Kier alpha value is -0.980. The minimum atomic E-state index is -4.36. The highest BCUT2D eigenvalue weighted by Crippen LogP contribution is 2.23. The summed E-state index contributed by atoms with van der Waals surface area (Å²) in [5.74, 6) is 0. The highest BCUT2D eigenvalue weighted by atomic mass is 32.2. The van der Waals surface area contributed by atoms with E-state index < -0.39 is 10.1 Å². The molecule has 0 atom stereocenters. The van der Waals surface area contributed by atoms with Crippen LogP contribution in [0.25, 0.3) is 10.2 Å². The number of hydrogen-bond donors (Lipinski definition) is 0. The Balaban J connectivity index is 2.74. The second kappa shape index (κ2) is 3.80. The fourth-order valence-electron chi connectivity index (χ4n) is 1.73. The van der Waals surface area contributed by atoms with Crippen LogP contribution in [0.15, 0.2) is 23.1 Å². The van der Waals surface area contributed by atoms with E-state index in [1.165, 1.54) is 23.5 Å². The maximum absolute atomic E-state index is 10.9. The van der Waals surface area contributed by atoms with Crippen LogP contribution in [0.4, 0.5) is 0 Å².